The Balaban J connectivity index is 2.22. The molecule has 2 atom stereocenters. The molecule has 0 fully saturated rings. The highest BCUT2D eigenvalue weighted by Gasteiger charge is 2.16. The lowest BCUT2D eigenvalue weighted by Gasteiger charge is -2.15. The molecule has 0 aliphatic heterocycles. The van der Waals surface area contributed by atoms with Crippen molar-refractivity contribution in [2.75, 3.05) is 6.54 Å². The zero-order valence-electron chi connectivity index (χ0n) is 10.1. The number of benzene rings is 1. The number of aromatic nitrogens is 4. The van der Waals surface area contributed by atoms with Gasteiger partial charge in [-0.15, -0.1) is 10.2 Å². The van der Waals surface area contributed by atoms with Crippen LogP contribution in [-0.2, 0) is 0 Å². The highest BCUT2D eigenvalue weighted by Crippen LogP contribution is 2.17. The van der Waals surface area contributed by atoms with E-state index < -0.39 is 0 Å². The second kappa shape index (κ2) is 5.05. The van der Waals surface area contributed by atoms with Crippen LogP contribution in [0.15, 0.2) is 30.3 Å². The van der Waals surface area contributed by atoms with Crippen LogP contribution in [0, 0.1) is 5.92 Å². The van der Waals surface area contributed by atoms with Crippen molar-refractivity contribution in [2.45, 2.75) is 19.9 Å². The molecular formula is C12H17N5. The predicted molar refractivity (Wildman–Crippen MR) is 66.2 cm³/mol. The molecule has 90 valence electrons. The Kier molecular flexibility index (Phi) is 3.49. The average Bonchev–Trinajstić information content (AvgIpc) is 2.87. The van der Waals surface area contributed by atoms with Crippen LogP contribution >= 0.6 is 0 Å². The fourth-order valence-electron chi connectivity index (χ4n) is 1.53. The van der Waals surface area contributed by atoms with E-state index in [1.54, 1.807) is 4.80 Å². The van der Waals surface area contributed by atoms with Crippen LogP contribution in [0.4, 0.5) is 0 Å². The Labute approximate surface area is 101 Å². The molecule has 0 aliphatic rings. The van der Waals surface area contributed by atoms with E-state index in [-0.39, 0.29) is 6.04 Å². The Hall–Kier alpha value is -1.75. The topological polar surface area (TPSA) is 69.6 Å². The van der Waals surface area contributed by atoms with Gasteiger partial charge in [0.05, 0.1) is 6.04 Å². The second-order valence-electron chi connectivity index (χ2n) is 4.25. The van der Waals surface area contributed by atoms with Gasteiger partial charge in [-0.3, -0.25) is 0 Å². The van der Waals surface area contributed by atoms with Crippen molar-refractivity contribution in [3.05, 3.63) is 30.3 Å². The summed E-state index contributed by atoms with van der Waals surface area (Å²) in [5.41, 5.74) is 6.62. The zero-order valence-corrected chi connectivity index (χ0v) is 10.1. The van der Waals surface area contributed by atoms with Crippen LogP contribution in [0.25, 0.3) is 11.4 Å². The van der Waals surface area contributed by atoms with Crippen molar-refractivity contribution >= 4 is 0 Å². The van der Waals surface area contributed by atoms with E-state index in [1.165, 1.54) is 0 Å². The summed E-state index contributed by atoms with van der Waals surface area (Å²) in [6.07, 6.45) is 0. The molecule has 2 aromatic rings. The van der Waals surface area contributed by atoms with Crippen molar-refractivity contribution in [3.63, 3.8) is 0 Å². The van der Waals surface area contributed by atoms with Crippen LogP contribution in [0.3, 0.4) is 0 Å². The summed E-state index contributed by atoms with van der Waals surface area (Å²) in [6, 6.07) is 9.98. The van der Waals surface area contributed by atoms with Crippen LogP contribution in [0.2, 0.25) is 0 Å². The quantitative estimate of drug-likeness (QED) is 0.865. The van der Waals surface area contributed by atoms with Crippen LogP contribution in [-0.4, -0.2) is 26.8 Å². The molecule has 5 nitrogen and oxygen atoms in total. The first kappa shape index (κ1) is 11.7. The van der Waals surface area contributed by atoms with E-state index >= 15 is 0 Å². The number of nitrogens with zero attached hydrogens (tertiary/aromatic N) is 4. The van der Waals surface area contributed by atoms with Crippen molar-refractivity contribution in [3.8, 4) is 11.4 Å². The van der Waals surface area contributed by atoms with Gasteiger partial charge in [-0.25, -0.2) is 0 Å². The molecule has 17 heavy (non-hydrogen) atoms. The summed E-state index contributed by atoms with van der Waals surface area (Å²) in [6.45, 7) is 4.74. The summed E-state index contributed by atoms with van der Waals surface area (Å²) in [5, 5.41) is 12.5. The summed E-state index contributed by atoms with van der Waals surface area (Å²) >= 11 is 0. The standard InChI is InChI=1S/C12H17N5/c1-9(8-13)10(2)17-15-12(14-16-17)11-6-4-3-5-7-11/h3-7,9-10H,8,13H2,1-2H3. The van der Waals surface area contributed by atoms with Gasteiger partial charge in [0.1, 0.15) is 0 Å². The third-order valence-electron chi connectivity index (χ3n) is 3.02. The lowest BCUT2D eigenvalue weighted by Crippen LogP contribution is -2.23. The average molecular weight is 231 g/mol. The molecule has 0 saturated heterocycles. The molecule has 2 N–H and O–H groups in total. The Bertz CT molecular complexity index is 465. The molecule has 2 rings (SSSR count). The summed E-state index contributed by atoms with van der Waals surface area (Å²) in [4.78, 5) is 1.64. The van der Waals surface area contributed by atoms with Crippen LogP contribution < -0.4 is 5.73 Å². The molecule has 0 bridgehead atoms. The molecule has 1 heterocycles. The highest BCUT2D eigenvalue weighted by atomic mass is 15.6. The van der Waals surface area contributed by atoms with Gasteiger partial charge in [0, 0.05) is 5.56 Å². The monoisotopic (exact) mass is 231 g/mol. The fraction of sp³-hybridized carbons (Fsp3) is 0.417. The largest absolute Gasteiger partial charge is 0.330 e. The summed E-state index contributed by atoms with van der Waals surface area (Å²) in [5.74, 6) is 0.981. The lowest BCUT2D eigenvalue weighted by atomic mass is 10.1. The Morgan fingerprint density at radius 1 is 1.24 bits per heavy atom. The molecule has 0 radical (unpaired) electrons. The van der Waals surface area contributed by atoms with E-state index in [1.807, 2.05) is 37.3 Å². The molecule has 0 spiro atoms. The van der Waals surface area contributed by atoms with Gasteiger partial charge in [0.25, 0.3) is 0 Å². The van der Waals surface area contributed by atoms with Crippen molar-refractivity contribution < 1.29 is 0 Å². The van der Waals surface area contributed by atoms with Crippen molar-refractivity contribution in [1.82, 2.24) is 20.2 Å². The van der Waals surface area contributed by atoms with E-state index in [2.05, 4.69) is 22.3 Å². The van der Waals surface area contributed by atoms with E-state index in [4.69, 9.17) is 5.73 Å². The zero-order chi connectivity index (χ0) is 12.3. The van der Waals surface area contributed by atoms with Gasteiger partial charge in [-0.2, -0.15) is 4.80 Å². The first-order valence-electron chi connectivity index (χ1n) is 5.77. The van der Waals surface area contributed by atoms with E-state index in [0.717, 1.165) is 5.56 Å². The van der Waals surface area contributed by atoms with Gasteiger partial charge < -0.3 is 5.73 Å². The first-order valence-corrected chi connectivity index (χ1v) is 5.77. The van der Waals surface area contributed by atoms with E-state index in [9.17, 15) is 0 Å². The maximum absolute atomic E-state index is 5.64. The molecular weight excluding hydrogens is 214 g/mol. The smallest absolute Gasteiger partial charge is 0.204 e. The fourth-order valence-corrected chi connectivity index (χ4v) is 1.53. The highest BCUT2D eigenvalue weighted by molar-refractivity contribution is 5.52. The first-order chi connectivity index (χ1) is 8.22. The van der Waals surface area contributed by atoms with Gasteiger partial charge in [-0.1, -0.05) is 37.3 Å². The maximum atomic E-state index is 5.64. The minimum Gasteiger partial charge on any atom is -0.330 e. The number of hydrogen-bond donors (Lipinski definition) is 1. The SMILES string of the molecule is CC(CN)C(C)n1nnc(-c2ccccc2)n1. The lowest BCUT2D eigenvalue weighted by molar-refractivity contribution is 0.320. The third-order valence-corrected chi connectivity index (χ3v) is 3.02. The molecule has 1 aromatic heterocycles. The van der Waals surface area contributed by atoms with Crippen molar-refractivity contribution in [1.29, 1.82) is 0 Å². The van der Waals surface area contributed by atoms with Crippen molar-refractivity contribution in [2.24, 2.45) is 11.7 Å². The van der Waals surface area contributed by atoms with Gasteiger partial charge in [0.2, 0.25) is 5.82 Å². The molecule has 0 aliphatic carbocycles. The summed E-state index contributed by atoms with van der Waals surface area (Å²) < 4.78 is 0. The normalized spacial score (nSPS) is 14.5. The minimum atomic E-state index is 0.157. The number of rotatable bonds is 4. The third kappa shape index (κ3) is 2.50. The molecule has 0 saturated carbocycles. The number of tetrazole rings is 1. The van der Waals surface area contributed by atoms with Crippen LogP contribution in [0.5, 0.6) is 0 Å². The summed E-state index contributed by atoms with van der Waals surface area (Å²) in [7, 11) is 0. The van der Waals surface area contributed by atoms with Gasteiger partial charge in [-0.05, 0) is 24.6 Å². The second-order valence-corrected chi connectivity index (χ2v) is 4.25. The van der Waals surface area contributed by atoms with Gasteiger partial charge in [0.15, 0.2) is 0 Å². The van der Waals surface area contributed by atoms with Gasteiger partial charge >= 0.3 is 0 Å². The minimum absolute atomic E-state index is 0.157. The molecule has 0 amide bonds. The molecule has 2 unspecified atom stereocenters. The Morgan fingerprint density at radius 2 is 1.94 bits per heavy atom. The number of nitrogens with two attached hydrogens (primary N) is 1. The van der Waals surface area contributed by atoms with Crippen LogP contribution in [0.1, 0.15) is 19.9 Å². The number of hydrogen-bond acceptors (Lipinski definition) is 4. The molecule has 5 heteroatoms. The van der Waals surface area contributed by atoms with E-state index in [0.29, 0.717) is 18.3 Å². The maximum Gasteiger partial charge on any atom is 0.204 e. The Morgan fingerprint density at radius 3 is 2.59 bits per heavy atom. The predicted octanol–water partition coefficient (Wildman–Crippen LogP) is 1.50. The molecule has 1 aromatic carbocycles.